The van der Waals surface area contributed by atoms with E-state index >= 15 is 0 Å². The monoisotopic (exact) mass is 286 g/mol. The van der Waals surface area contributed by atoms with E-state index in [2.05, 4.69) is 5.32 Å². The SMILES string of the molecule is Cc1cccc(C)c1OCCNC(=O)C(C)CN.Cl. The Hall–Kier alpha value is -1.26. The van der Waals surface area contributed by atoms with Crippen molar-refractivity contribution in [3.8, 4) is 5.75 Å². The number of rotatable bonds is 6. The van der Waals surface area contributed by atoms with Crippen LogP contribution in [0, 0.1) is 19.8 Å². The molecule has 5 heteroatoms. The van der Waals surface area contributed by atoms with Crippen LogP contribution in [-0.4, -0.2) is 25.6 Å². The molecule has 0 aliphatic carbocycles. The van der Waals surface area contributed by atoms with Gasteiger partial charge in [0.1, 0.15) is 12.4 Å². The highest BCUT2D eigenvalue weighted by Gasteiger charge is 2.09. The van der Waals surface area contributed by atoms with Crippen LogP contribution in [0.25, 0.3) is 0 Å². The van der Waals surface area contributed by atoms with Crippen molar-refractivity contribution in [1.29, 1.82) is 0 Å². The van der Waals surface area contributed by atoms with Crippen molar-refractivity contribution in [2.75, 3.05) is 19.7 Å². The molecule has 1 aromatic rings. The average molecular weight is 287 g/mol. The molecule has 3 N–H and O–H groups in total. The van der Waals surface area contributed by atoms with Gasteiger partial charge in [-0.05, 0) is 25.0 Å². The Labute approximate surface area is 121 Å². The van der Waals surface area contributed by atoms with Gasteiger partial charge in [-0.15, -0.1) is 12.4 Å². The summed E-state index contributed by atoms with van der Waals surface area (Å²) in [6, 6.07) is 6.02. The van der Waals surface area contributed by atoms with E-state index in [9.17, 15) is 4.79 Å². The third kappa shape index (κ3) is 5.49. The van der Waals surface area contributed by atoms with E-state index in [1.807, 2.05) is 39.0 Å². The van der Waals surface area contributed by atoms with Gasteiger partial charge in [-0.3, -0.25) is 4.79 Å². The highest BCUT2D eigenvalue weighted by Crippen LogP contribution is 2.21. The fourth-order valence-corrected chi connectivity index (χ4v) is 1.64. The van der Waals surface area contributed by atoms with Gasteiger partial charge in [0.2, 0.25) is 5.91 Å². The van der Waals surface area contributed by atoms with Crippen molar-refractivity contribution in [2.45, 2.75) is 20.8 Å². The van der Waals surface area contributed by atoms with Crippen LogP contribution < -0.4 is 15.8 Å². The highest BCUT2D eigenvalue weighted by molar-refractivity contribution is 5.85. The molecule has 0 saturated heterocycles. The summed E-state index contributed by atoms with van der Waals surface area (Å²) in [7, 11) is 0. The molecular formula is C14H23ClN2O2. The molecule has 0 heterocycles. The molecule has 19 heavy (non-hydrogen) atoms. The van der Waals surface area contributed by atoms with Crippen molar-refractivity contribution in [2.24, 2.45) is 11.7 Å². The van der Waals surface area contributed by atoms with Gasteiger partial charge >= 0.3 is 0 Å². The van der Waals surface area contributed by atoms with Gasteiger partial charge in [-0.1, -0.05) is 25.1 Å². The van der Waals surface area contributed by atoms with Gasteiger partial charge in [-0.25, -0.2) is 0 Å². The summed E-state index contributed by atoms with van der Waals surface area (Å²) in [5.41, 5.74) is 7.63. The first-order chi connectivity index (χ1) is 8.56. The van der Waals surface area contributed by atoms with E-state index in [1.165, 1.54) is 0 Å². The first-order valence-corrected chi connectivity index (χ1v) is 6.23. The summed E-state index contributed by atoms with van der Waals surface area (Å²) in [5.74, 6) is 0.728. The standard InChI is InChI=1S/C14H22N2O2.ClH/c1-10-5-4-6-11(2)13(10)18-8-7-16-14(17)12(3)9-15;/h4-6,12H,7-9,15H2,1-3H3,(H,16,17);1H. The van der Waals surface area contributed by atoms with Gasteiger partial charge in [0.15, 0.2) is 0 Å². The number of para-hydroxylation sites is 1. The summed E-state index contributed by atoms with van der Waals surface area (Å²) in [6.07, 6.45) is 0. The van der Waals surface area contributed by atoms with E-state index < -0.39 is 0 Å². The Morgan fingerprint density at radius 1 is 1.37 bits per heavy atom. The van der Waals surface area contributed by atoms with Crippen molar-refractivity contribution in [3.05, 3.63) is 29.3 Å². The second-order valence-electron chi connectivity index (χ2n) is 4.50. The zero-order chi connectivity index (χ0) is 13.5. The number of ether oxygens (including phenoxy) is 1. The fourth-order valence-electron chi connectivity index (χ4n) is 1.64. The molecule has 1 atom stereocenters. The molecule has 1 aromatic carbocycles. The maximum absolute atomic E-state index is 11.5. The van der Waals surface area contributed by atoms with Crippen LogP contribution in [0.4, 0.5) is 0 Å². The van der Waals surface area contributed by atoms with Crippen LogP contribution in [0.1, 0.15) is 18.1 Å². The molecule has 1 unspecified atom stereocenters. The third-order valence-corrected chi connectivity index (χ3v) is 2.86. The Morgan fingerprint density at radius 2 is 1.95 bits per heavy atom. The topological polar surface area (TPSA) is 64.3 Å². The molecule has 4 nitrogen and oxygen atoms in total. The molecule has 108 valence electrons. The molecule has 0 saturated carbocycles. The van der Waals surface area contributed by atoms with Crippen molar-refractivity contribution in [3.63, 3.8) is 0 Å². The summed E-state index contributed by atoms with van der Waals surface area (Å²) in [5, 5.41) is 2.80. The minimum absolute atomic E-state index is 0. The number of halogens is 1. The Bertz CT molecular complexity index is 390. The van der Waals surface area contributed by atoms with Crippen LogP contribution in [0.3, 0.4) is 0 Å². The first kappa shape index (κ1) is 17.7. The predicted molar refractivity (Wildman–Crippen MR) is 79.9 cm³/mol. The normalized spacial score (nSPS) is 11.4. The van der Waals surface area contributed by atoms with Gasteiger partial charge < -0.3 is 15.8 Å². The minimum Gasteiger partial charge on any atom is -0.491 e. The zero-order valence-corrected chi connectivity index (χ0v) is 12.5. The predicted octanol–water partition coefficient (Wildman–Crippen LogP) is 1.82. The van der Waals surface area contributed by atoms with E-state index in [-0.39, 0.29) is 24.2 Å². The number of hydrogen-bond acceptors (Lipinski definition) is 3. The molecular weight excluding hydrogens is 264 g/mol. The van der Waals surface area contributed by atoms with Crippen LogP contribution in [-0.2, 0) is 4.79 Å². The Balaban J connectivity index is 0.00000324. The molecule has 0 aliphatic heterocycles. The van der Waals surface area contributed by atoms with Gasteiger partial charge in [0, 0.05) is 12.5 Å². The number of hydrogen-bond donors (Lipinski definition) is 2. The third-order valence-electron chi connectivity index (χ3n) is 2.86. The van der Waals surface area contributed by atoms with Crippen LogP contribution >= 0.6 is 12.4 Å². The number of carbonyl (C=O) groups excluding carboxylic acids is 1. The fraction of sp³-hybridized carbons (Fsp3) is 0.500. The molecule has 0 aromatic heterocycles. The number of aryl methyl sites for hydroxylation is 2. The Kier molecular flexibility index (Phi) is 8.19. The van der Waals surface area contributed by atoms with Crippen LogP contribution in [0.5, 0.6) is 5.75 Å². The highest BCUT2D eigenvalue weighted by atomic mass is 35.5. The molecule has 0 fully saturated rings. The lowest BCUT2D eigenvalue weighted by molar-refractivity contribution is -0.124. The molecule has 0 bridgehead atoms. The maximum Gasteiger partial charge on any atom is 0.224 e. The van der Waals surface area contributed by atoms with E-state index in [0.717, 1.165) is 16.9 Å². The lowest BCUT2D eigenvalue weighted by Crippen LogP contribution is -2.35. The first-order valence-electron chi connectivity index (χ1n) is 6.23. The second kappa shape index (κ2) is 8.77. The average Bonchev–Trinajstić information content (AvgIpc) is 2.36. The smallest absolute Gasteiger partial charge is 0.224 e. The van der Waals surface area contributed by atoms with Crippen LogP contribution in [0.2, 0.25) is 0 Å². The summed E-state index contributed by atoms with van der Waals surface area (Å²) in [4.78, 5) is 11.5. The van der Waals surface area contributed by atoms with Gasteiger partial charge in [0.05, 0.1) is 6.54 Å². The summed E-state index contributed by atoms with van der Waals surface area (Å²) >= 11 is 0. The summed E-state index contributed by atoms with van der Waals surface area (Å²) < 4.78 is 5.69. The molecule has 0 radical (unpaired) electrons. The zero-order valence-electron chi connectivity index (χ0n) is 11.7. The number of nitrogens with one attached hydrogen (secondary N) is 1. The number of carbonyl (C=O) groups is 1. The molecule has 1 rings (SSSR count). The van der Waals surface area contributed by atoms with Crippen molar-refractivity contribution >= 4 is 18.3 Å². The lowest BCUT2D eigenvalue weighted by atomic mass is 10.1. The van der Waals surface area contributed by atoms with Crippen molar-refractivity contribution in [1.82, 2.24) is 5.32 Å². The molecule has 0 spiro atoms. The van der Waals surface area contributed by atoms with Crippen molar-refractivity contribution < 1.29 is 9.53 Å². The number of benzene rings is 1. The largest absolute Gasteiger partial charge is 0.491 e. The lowest BCUT2D eigenvalue weighted by Gasteiger charge is -2.13. The summed E-state index contributed by atoms with van der Waals surface area (Å²) in [6.45, 7) is 7.16. The molecule has 0 aliphatic rings. The quantitative estimate of drug-likeness (QED) is 0.784. The Morgan fingerprint density at radius 3 is 2.47 bits per heavy atom. The van der Waals surface area contributed by atoms with Crippen LogP contribution in [0.15, 0.2) is 18.2 Å². The second-order valence-corrected chi connectivity index (χ2v) is 4.50. The minimum atomic E-state index is -0.148. The van der Waals surface area contributed by atoms with E-state index in [4.69, 9.17) is 10.5 Å². The van der Waals surface area contributed by atoms with E-state index in [1.54, 1.807) is 0 Å². The van der Waals surface area contributed by atoms with Gasteiger partial charge in [0.25, 0.3) is 0 Å². The maximum atomic E-state index is 11.5. The van der Waals surface area contributed by atoms with Gasteiger partial charge in [-0.2, -0.15) is 0 Å². The number of amides is 1. The number of nitrogens with two attached hydrogens (primary N) is 1. The van der Waals surface area contributed by atoms with E-state index in [0.29, 0.717) is 19.7 Å². The molecule has 1 amide bonds.